The molecule has 1 saturated carbocycles. The summed E-state index contributed by atoms with van der Waals surface area (Å²) in [7, 11) is 1.71. The minimum atomic E-state index is -0.362. The highest BCUT2D eigenvalue weighted by atomic mass is 79.9. The van der Waals surface area contributed by atoms with Crippen molar-refractivity contribution in [2.45, 2.75) is 45.3 Å². The number of hydrogen-bond donors (Lipinski definition) is 0. The first-order valence-corrected chi connectivity index (χ1v) is 8.78. The predicted octanol–water partition coefficient (Wildman–Crippen LogP) is 4.37. The number of anilines is 1. The van der Waals surface area contributed by atoms with Gasteiger partial charge in [-0.1, -0.05) is 0 Å². The zero-order valence-corrected chi connectivity index (χ0v) is 15.6. The number of nitrogens with zero attached hydrogens (tertiary/aromatic N) is 2. The van der Waals surface area contributed by atoms with Crippen molar-refractivity contribution in [1.29, 1.82) is 0 Å². The first-order chi connectivity index (χ1) is 11.4. The summed E-state index contributed by atoms with van der Waals surface area (Å²) in [6.07, 6.45) is 4.51. The Kier molecular flexibility index (Phi) is 4.88. The van der Waals surface area contributed by atoms with Crippen molar-refractivity contribution >= 4 is 38.4 Å². The Balaban J connectivity index is 2.16. The average molecular weight is 395 g/mol. The van der Waals surface area contributed by atoms with Gasteiger partial charge in [-0.05, 0) is 53.7 Å². The first kappa shape index (κ1) is 17.3. The van der Waals surface area contributed by atoms with E-state index in [4.69, 9.17) is 4.74 Å². The summed E-state index contributed by atoms with van der Waals surface area (Å²) < 4.78 is 19.7. The molecule has 0 radical (unpaired) electrons. The Hall–Kier alpha value is -1.53. The number of carbonyl (C=O) groups is 1. The monoisotopic (exact) mass is 394 g/mol. The number of benzene rings is 1. The molecule has 6 heteroatoms. The summed E-state index contributed by atoms with van der Waals surface area (Å²) in [6, 6.07) is 3.19. The molecule has 128 valence electrons. The van der Waals surface area contributed by atoms with E-state index in [-0.39, 0.29) is 23.9 Å². The quantitative estimate of drug-likeness (QED) is 0.776. The zero-order chi connectivity index (χ0) is 17.4. The van der Waals surface area contributed by atoms with E-state index in [2.05, 4.69) is 20.9 Å². The second-order valence-corrected chi connectivity index (χ2v) is 7.14. The van der Waals surface area contributed by atoms with Gasteiger partial charge in [0.25, 0.3) is 0 Å². The molecule has 1 aromatic carbocycles. The summed E-state index contributed by atoms with van der Waals surface area (Å²) in [4.78, 5) is 18.6. The molecule has 2 unspecified atom stereocenters. The topological polar surface area (TPSA) is 42.4 Å². The lowest BCUT2D eigenvalue weighted by Crippen LogP contribution is -2.38. The molecule has 0 saturated heterocycles. The molecule has 0 spiro atoms. The lowest BCUT2D eigenvalue weighted by Gasteiger charge is -2.30. The van der Waals surface area contributed by atoms with Crippen LogP contribution in [-0.4, -0.2) is 30.1 Å². The maximum absolute atomic E-state index is 13.9. The molecule has 24 heavy (non-hydrogen) atoms. The second kappa shape index (κ2) is 6.76. The van der Waals surface area contributed by atoms with Gasteiger partial charge < -0.3 is 9.64 Å². The second-order valence-electron chi connectivity index (χ2n) is 6.29. The average Bonchev–Trinajstić information content (AvgIpc) is 3.00. The summed E-state index contributed by atoms with van der Waals surface area (Å²) in [6.45, 7) is 3.50. The molecule has 1 aliphatic carbocycles. The van der Waals surface area contributed by atoms with Gasteiger partial charge in [-0.2, -0.15) is 0 Å². The van der Waals surface area contributed by atoms with Crippen LogP contribution in [0, 0.1) is 12.7 Å². The SMILES string of the molecule is COC1CCC(N(C(C)=O)c2c(C)cnc3cc(F)c(Br)cc23)C1. The number of rotatable bonds is 3. The van der Waals surface area contributed by atoms with Crippen LogP contribution in [0.4, 0.5) is 10.1 Å². The number of hydrogen-bond acceptors (Lipinski definition) is 3. The van der Waals surface area contributed by atoms with Gasteiger partial charge in [-0.15, -0.1) is 0 Å². The molecule has 1 aromatic heterocycles. The normalized spacial score (nSPS) is 20.5. The maximum Gasteiger partial charge on any atom is 0.224 e. The molecule has 3 rings (SSSR count). The van der Waals surface area contributed by atoms with Crippen molar-refractivity contribution < 1.29 is 13.9 Å². The van der Waals surface area contributed by atoms with E-state index in [1.807, 2.05) is 11.8 Å². The molecular weight excluding hydrogens is 375 g/mol. The molecule has 0 aliphatic heterocycles. The summed E-state index contributed by atoms with van der Waals surface area (Å²) >= 11 is 3.24. The highest BCUT2D eigenvalue weighted by Crippen LogP contribution is 2.37. The van der Waals surface area contributed by atoms with Crippen molar-refractivity contribution in [2.75, 3.05) is 12.0 Å². The molecule has 1 heterocycles. The molecule has 0 bridgehead atoms. The van der Waals surface area contributed by atoms with Crippen LogP contribution in [0.15, 0.2) is 22.8 Å². The first-order valence-electron chi connectivity index (χ1n) is 7.99. The predicted molar refractivity (Wildman–Crippen MR) is 95.7 cm³/mol. The van der Waals surface area contributed by atoms with Gasteiger partial charge in [0.05, 0.1) is 21.8 Å². The molecule has 0 N–H and O–H groups in total. The van der Waals surface area contributed by atoms with E-state index in [1.54, 1.807) is 26.3 Å². The standard InChI is InChI=1S/C18H20BrFN2O2/c1-10-9-21-17-8-16(20)15(19)7-14(17)18(10)22(11(2)23)12-4-5-13(6-12)24-3/h7-9,12-13H,4-6H2,1-3H3. The molecule has 2 atom stereocenters. The van der Waals surface area contributed by atoms with E-state index in [9.17, 15) is 9.18 Å². The van der Waals surface area contributed by atoms with Crippen LogP contribution in [0.1, 0.15) is 31.7 Å². The van der Waals surface area contributed by atoms with Gasteiger partial charge >= 0.3 is 0 Å². The van der Waals surface area contributed by atoms with E-state index in [1.165, 1.54) is 6.07 Å². The van der Waals surface area contributed by atoms with Crippen molar-refractivity contribution in [3.05, 3.63) is 34.2 Å². The number of carbonyl (C=O) groups excluding carboxylic acids is 1. The fraction of sp³-hybridized carbons (Fsp3) is 0.444. The summed E-state index contributed by atoms with van der Waals surface area (Å²) in [5, 5.41) is 0.777. The number of halogens is 2. The number of methoxy groups -OCH3 is 1. The number of ether oxygens (including phenoxy) is 1. The number of aryl methyl sites for hydroxylation is 1. The number of fused-ring (bicyclic) bond motifs is 1. The third-order valence-corrected chi connectivity index (χ3v) is 5.31. The van der Waals surface area contributed by atoms with Crippen LogP contribution in [0.3, 0.4) is 0 Å². The highest BCUT2D eigenvalue weighted by molar-refractivity contribution is 9.10. The lowest BCUT2D eigenvalue weighted by atomic mass is 10.1. The van der Waals surface area contributed by atoms with Crippen LogP contribution in [0.25, 0.3) is 10.9 Å². The third kappa shape index (κ3) is 3.05. The van der Waals surface area contributed by atoms with Gasteiger partial charge in [0, 0.05) is 37.7 Å². The van der Waals surface area contributed by atoms with Crippen molar-refractivity contribution in [1.82, 2.24) is 4.98 Å². The number of pyridine rings is 1. The maximum atomic E-state index is 13.9. The molecule has 2 aromatic rings. The molecular formula is C18H20BrFN2O2. The fourth-order valence-corrected chi connectivity index (χ4v) is 3.90. The minimum absolute atomic E-state index is 0.0206. The van der Waals surface area contributed by atoms with Gasteiger partial charge in [0.1, 0.15) is 5.82 Å². The lowest BCUT2D eigenvalue weighted by molar-refractivity contribution is -0.117. The molecule has 1 aliphatic rings. The highest BCUT2D eigenvalue weighted by Gasteiger charge is 2.33. The fourth-order valence-electron chi connectivity index (χ4n) is 3.56. The van der Waals surface area contributed by atoms with Crippen LogP contribution < -0.4 is 4.90 Å². The smallest absolute Gasteiger partial charge is 0.224 e. The van der Waals surface area contributed by atoms with Gasteiger partial charge in [0.2, 0.25) is 5.91 Å². The van der Waals surface area contributed by atoms with Gasteiger partial charge in [-0.3, -0.25) is 9.78 Å². The van der Waals surface area contributed by atoms with E-state index in [0.29, 0.717) is 9.99 Å². The van der Waals surface area contributed by atoms with Crippen LogP contribution in [-0.2, 0) is 9.53 Å². The van der Waals surface area contributed by atoms with Crippen LogP contribution in [0.5, 0.6) is 0 Å². The Morgan fingerprint density at radius 1 is 1.42 bits per heavy atom. The number of aromatic nitrogens is 1. The van der Waals surface area contributed by atoms with E-state index in [0.717, 1.165) is 35.9 Å². The summed E-state index contributed by atoms with van der Waals surface area (Å²) in [5.74, 6) is -0.382. The van der Waals surface area contributed by atoms with Crippen LogP contribution in [0.2, 0.25) is 0 Å². The van der Waals surface area contributed by atoms with Crippen molar-refractivity contribution in [2.24, 2.45) is 0 Å². The minimum Gasteiger partial charge on any atom is -0.381 e. The van der Waals surface area contributed by atoms with Gasteiger partial charge in [-0.25, -0.2) is 4.39 Å². The third-order valence-electron chi connectivity index (χ3n) is 4.70. The number of amides is 1. The largest absolute Gasteiger partial charge is 0.381 e. The van der Waals surface area contributed by atoms with Gasteiger partial charge in [0.15, 0.2) is 0 Å². The van der Waals surface area contributed by atoms with E-state index >= 15 is 0 Å². The Morgan fingerprint density at radius 3 is 2.79 bits per heavy atom. The zero-order valence-electron chi connectivity index (χ0n) is 14.0. The molecule has 1 amide bonds. The van der Waals surface area contributed by atoms with E-state index < -0.39 is 0 Å². The molecule has 4 nitrogen and oxygen atoms in total. The Bertz CT molecular complexity index is 796. The van der Waals surface area contributed by atoms with Crippen LogP contribution >= 0.6 is 15.9 Å². The Morgan fingerprint density at radius 2 is 2.17 bits per heavy atom. The summed E-state index contributed by atoms with van der Waals surface area (Å²) in [5.41, 5.74) is 2.26. The van der Waals surface area contributed by atoms with Crippen molar-refractivity contribution in [3.8, 4) is 0 Å². The molecule has 1 fully saturated rings. The van der Waals surface area contributed by atoms with Crippen molar-refractivity contribution in [3.63, 3.8) is 0 Å². The Labute approximate surface area is 149 Å².